The topological polar surface area (TPSA) is 29.5 Å². The third-order valence-corrected chi connectivity index (χ3v) is 3.65. The molecule has 0 aliphatic rings. The van der Waals surface area contributed by atoms with E-state index in [0.29, 0.717) is 0 Å². The Hall–Kier alpha value is -2.43. The first kappa shape index (κ1) is 15.9. The molecule has 5 heteroatoms. The van der Waals surface area contributed by atoms with E-state index in [2.05, 4.69) is 0 Å². The first-order chi connectivity index (χ1) is 10.4. The molecule has 2 aromatic carbocycles. The number of rotatable bonds is 4. The Balaban J connectivity index is 2.21. The second-order valence-corrected chi connectivity index (χ2v) is 4.99. The minimum atomic E-state index is -0.587. The third-order valence-electron chi connectivity index (χ3n) is 3.65. The summed E-state index contributed by atoms with van der Waals surface area (Å²) in [5.41, 5.74) is 1.03. The van der Waals surface area contributed by atoms with Gasteiger partial charge in [0, 0.05) is 12.6 Å². The Kier molecular flexibility index (Phi) is 4.75. The zero-order chi connectivity index (χ0) is 16.3. The number of halogens is 2. The van der Waals surface area contributed by atoms with E-state index in [1.165, 1.54) is 36.3 Å². The van der Waals surface area contributed by atoms with Crippen molar-refractivity contribution in [2.75, 3.05) is 14.2 Å². The summed E-state index contributed by atoms with van der Waals surface area (Å²) in [7, 11) is 2.99. The molecule has 0 saturated heterocycles. The monoisotopic (exact) mass is 305 g/mol. The Bertz CT molecular complexity index is 671. The maximum Gasteiger partial charge on any atom is 0.254 e. The molecule has 2 aromatic rings. The molecule has 0 saturated carbocycles. The number of hydrogen-bond donors (Lipinski definition) is 0. The fourth-order valence-electron chi connectivity index (χ4n) is 2.14. The van der Waals surface area contributed by atoms with E-state index in [0.717, 1.165) is 11.6 Å². The number of nitrogens with zero attached hydrogens (tertiary/aromatic N) is 1. The molecule has 0 heterocycles. The van der Waals surface area contributed by atoms with Gasteiger partial charge in [0.2, 0.25) is 0 Å². The molecule has 0 fully saturated rings. The first-order valence-electron chi connectivity index (χ1n) is 6.80. The van der Waals surface area contributed by atoms with Gasteiger partial charge in [-0.1, -0.05) is 12.1 Å². The summed E-state index contributed by atoms with van der Waals surface area (Å²) < 4.78 is 31.5. The molecular weight excluding hydrogens is 288 g/mol. The zero-order valence-electron chi connectivity index (χ0n) is 12.6. The molecular formula is C17H17F2NO2. The van der Waals surface area contributed by atoms with Crippen LogP contribution in [-0.2, 0) is 0 Å². The lowest BCUT2D eigenvalue weighted by Gasteiger charge is -2.25. The summed E-state index contributed by atoms with van der Waals surface area (Å²) in [6, 6.07) is 9.75. The number of benzene rings is 2. The Labute approximate surface area is 128 Å². The van der Waals surface area contributed by atoms with Gasteiger partial charge in [-0.05, 0) is 42.8 Å². The van der Waals surface area contributed by atoms with Crippen molar-refractivity contribution in [1.82, 2.24) is 4.90 Å². The average molecular weight is 305 g/mol. The molecule has 0 radical (unpaired) electrons. The van der Waals surface area contributed by atoms with Crippen LogP contribution in [0.4, 0.5) is 8.78 Å². The van der Waals surface area contributed by atoms with E-state index in [4.69, 9.17) is 4.74 Å². The van der Waals surface area contributed by atoms with Crippen LogP contribution in [0.1, 0.15) is 28.9 Å². The zero-order valence-corrected chi connectivity index (χ0v) is 12.6. The smallest absolute Gasteiger partial charge is 0.254 e. The highest BCUT2D eigenvalue weighted by molar-refractivity contribution is 5.94. The predicted octanol–water partition coefficient (Wildman–Crippen LogP) is 3.81. The largest absolute Gasteiger partial charge is 0.494 e. The second-order valence-electron chi connectivity index (χ2n) is 4.99. The van der Waals surface area contributed by atoms with Gasteiger partial charge >= 0.3 is 0 Å². The van der Waals surface area contributed by atoms with Crippen LogP contribution < -0.4 is 4.74 Å². The van der Waals surface area contributed by atoms with Crippen molar-refractivity contribution >= 4 is 5.91 Å². The number of carbonyl (C=O) groups excluding carboxylic acids is 1. The van der Waals surface area contributed by atoms with Gasteiger partial charge in [0.1, 0.15) is 5.82 Å². The van der Waals surface area contributed by atoms with Gasteiger partial charge in [-0.25, -0.2) is 8.78 Å². The molecule has 3 nitrogen and oxygen atoms in total. The minimum Gasteiger partial charge on any atom is -0.494 e. The molecule has 1 amide bonds. The van der Waals surface area contributed by atoms with Crippen molar-refractivity contribution < 1.29 is 18.3 Å². The fourth-order valence-corrected chi connectivity index (χ4v) is 2.14. The quantitative estimate of drug-likeness (QED) is 0.859. The Morgan fingerprint density at radius 2 is 1.77 bits per heavy atom. The van der Waals surface area contributed by atoms with Crippen molar-refractivity contribution in [3.8, 4) is 5.75 Å². The van der Waals surface area contributed by atoms with Crippen LogP contribution in [0.5, 0.6) is 5.75 Å². The van der Waals surface area contributed by atoms with E-state index in [1.54, 1.807) is 19.2 Å². The first-order valence-corrected chi connectivity index (χ1v) is 6.80. The molecule has 0 N–H and O–H groups in total. The highest BCUT2D eigenvalue weighted by Gasteiger charge is 2.20. The number of hydrogen-bond acceptors (Lipinski definition) is 2. The molecule has 0 aromatic heterocycles. The van der Waals surface area contributed by atoms with E-state index in [-0.39, 0.29) is 29.1 Å². The maximum atomic E-state index is 13.7. The molecule has 116 valence electrons. The van der Waals surface area contributed by atoms with Crippen molar-refractivity contribution in [1.29, 1.82) is 0 Å². The molecule has 2 rings (SSSR count). The highest BCUT2D eigenvalue weighted by atomic mass is 19.1. The van der Waals surface area contributed by atoms with Gasteiger partial charge in [-0.15, -0.1) is 0 Å². The third kappa shape index (κ3) is 3.24. The molecule has 22 heavy (non-hydrogen) atoms. The van der Waals surface area contributed by atoms with Crippen molar-refractivity contribution in [2.45, 2.75) is 13.0 Å². The number of methoxy groups -OCH3 is 1. The standard InChI is InChI=1S/C17H17F2NO2/c1-11(12-4-7-14(18)8-5-12)20(2)17(21)13-6-9-16(22-3)15(19)10-13/h4-11H,1-3H3. The molecule has 0 spiro atoms. The van der Waals surface area contributed by atoms with Crippen LogP contribution in [0, 0.1) is 11.6 Å². The van der Waals surface area contributed by atoms with E-state index >= 15 is 0 Å². The number of carbonyl (C=O) groups is 1. The van der Waals surface area contributed by atoms with Crippen molar-refractivity contribution in [3.63, 3.8) is 0 Å². The summed E-state index contributed by atoms with van der Waals surface area (Å²) in [6.45, 7) is 1.82. The van der Waals surface area contributed by atoms with Gasteiger partial charge in [-0.2, -0.15) is 0 Å². The number of amides is 1. The molecule has 0 aliphatic carbocycles. The fraction of sp³-hybridized carbons (Fsp3) is 0.235. The lowest BCUT2D eigenvalue weighted by Crippen LogP contribution is -2.29. The minimum absolute atomic E-state index is 0.0887. The molecule has 1 atom stereocenters. The predicted molar refractivity (Wildman–Crippen MR) is 79.9 cm³/mol. The van der Waals surface area contributed by atoms with Crippen molar-refractivity contribution in [3.05, 3.63) is 65.2 Å². The van der Waals surface area contributed by atoms with Crippen LogP contribution in [0.2, 0.25) is 0 Å². The molecule has 0 aliphatic heterocycles. The van der Waals surface area contributed by atoms with Crippen LogP contribution in [0.3, 0.4) is 0 Å². The van der Waals surface area contributed by atoms with Crippen LogP contribution in [-0.4, -0.2) is 25.0 Å². The normalized spacial score (nSPS) is 11.9. The van der Waals surface area contributed by atoms with E-state index in [1.807, 2.05) is 6.92 Å². The van der Waals surface area contributed by atoms with Crippen LogP contribution >= 0.6 is 0 Å². The van der Waals surface area contributed by atoms with Gasteiger partial charge in [0.15, 0.2) is 11.6 Å². The van der Waals surface area contributed by atoms with E-state index < -0.39 is 5.82 Å². The lowest BCUT2D eigenvalue weighted by molar-refractivity contribution is 0.0742. The Morgan fingerprint density at radius 1 is 1.14 bits per heavy atom. The Morgan fingerprint density at radius 3 is 2.32 bits per heavy atom. The van der Waals surface area contributed by atoms with Gasteiger partial charge in [0.25, 0.3) is 5.91 Å². The summed E-state index contributed by atoms with van der Waals surface area (Å²) >= 11 is 0. The van der Waals surface area contributed by atoms with E-state index in [9.17, 15) is 13.6 Å². The SMILES string of the molecule is COc1ccc(C(=O)N(C)C(C)c2ccc(F)cc2)cc1F. The van der Waals surface area contributed by atoms with Gasteiger partial charge in [-0.3, -0.25) is 4.79 Å². The summed E-state index contributed by atoms with van der Waals surface area (Å²) in [6.07, 6.45) is 0. The van der Waals surface area contributed by atoms with Crippen LogP contribution in [0.25, 0.3) is 0 Å². The summed E-state index contributed by atoms with van der Waals surface area (Å²) in [5.74, 6) is -1.15. The maximum absolute atomic E-state index is 13.7. The molecule has 0 bridgehead atoms. The van der Waals surface area contributed by atoms with Gasteiger partial charge < -0.3 is 9.64 Å². The summed E-state index contributed by atoms with van der Waals surface area (Å²) in [5, 5.41) is 0. The summed E-state index contributed by atoms with van der Waals surface area (Å²) in [4.78, 5) is 13.9. The highest BCUT2D eigenvalue weighted by Crippen LogP contribution is 2.23. The van der Waals surface area contributed by atoms with Crippen LogP contribution in [0.15, 0.2) is 42.5 Å². The van der Waals surface area contributed by atoms with Crippen molar-refractivity contribution in [2.24, 2.45) is 0 Å². The average Bonchev–Trinajstić information content (AvgIpc) is 2.53. The second kappa shape index (κ2) is 6.56. The van der Waals surface area contributed by atoms with Gasteiger partial charge in [0.05, 0.1) is 13.2 Å². The molecule has 1 unspecified atom stereocenters. The number of ether oxygens (including phenoxy) is 1. The lowest BCUT2D eigenvalue weighted by atomic mass is 10.1.